The van der Waals surface area contributed by atoms with Crippen molar-refractivity contribution in [3.8, 4) is 0 Å². The Kier molecular flexibility index (Phi) is 12.2. The van der Waals surface area contributed by atoms with E-state index >= 15 is 0 Å². The first-order valence-corrected chi connectivity index (χ1v) is 19.4. The maximum absolute atomic E-state index is 12.6. The van der Waals surface area contributed by atoms with Crippen LogP contribution in [0, 0.1) is 3.57 Å². The van der Waals surface area contributed by atoms with Gasteiger partial charge in [0.1, 0.15) is 22.3 Å². The Hall–Kier alpha value is -7.12. The number of fused-ring (bicyclic) bond motifs is 6. The normalized spacial score (nSPS) is 10.6. The summed E-state index contributed by atoms with van der Waals surface area (Å²) in [6.07, 6.45) is 0. The Labute approximate surface area is 352 Å². The van der Waals surface area contributed by atoms with Gasteiger partial charge in [-0.05, 0) is 95.4 Å². The van der Waals surface area contributed by atoms with E-state index in [-0.39, 0.29) is 5.97 Å². The molecule has 2 N–H and O–H groups in total. The molecule has 294 valence electrons. The van der Waals surface area contributed by atoms with Crippen LogP contribution in [0.2, 0.25) is 0 Å². The molecule has 0 spiro atoms. The first-order chi connectivity index (χ1) is 28.7. The van der Waals surface area contributed by atoms with Gasteiger partial charge in [0, 0.05) is 48.6 Å². The Bertz CT molecular complexity index is 2910. The number of hydrogen-bond acceptors (Lipinski definition) is 10. The number of carbonyl (C=O) groups excluding carboxylic acids is 3. The summed E-state index contributed by atoms with van der Waals surface area (Å²) < 4.78 is 27.3. The molecule has 0 fully saturated rings. The highest BCUT2D eigenvalue weighted by Gasteiger charge is 2.25. The van der Waals surface area contributed by atoms with Crippen molar-refractivity contribution < 1.29 is 37.4 Å². The number of ether oxygens (including phenoxy) is 3. The van der Waals surface area contributed by atoms with E-state index in [1.54, 1.807) is 30.3 Å². The highest BCUT2D eigenvalue weighted by atomic mass is 127. The van der Waals surface area contributed by atoms with Crippen molar-refractivity contribution in [1.82, 2.24) is 0 Å². The number of carbonyl (C=O) groups is 3. The first kappa shape index (κ1) is 40.1. The van der Waals surface area contributed by atoms with Crippen LogP contribution < -0.4 is 10.6 Å². The van der Waals surface area contributed by atoms with Crippen molar-refractivity contribution >= 4 is 107 Å². The van der Waals surface area contributed by atoms with Crippen molar-refractivity contribution in [2.45, 2.75) is 0 Å². The van der Waals surface area contributed by atoms with Gasteiger partial charge in [0.05, 0.1) is 49.4 Å². The molecule has 2 aromatic heterocycles. The fourth-order valence-electron chi connectivity index (χ4n) is 6.64. The summed E-state index contributed by atoms with van der Waals surface area (Å²) in [5.41, 5.74) is 12.8. The number of furan rings is 2. The zero-order valence-corrected chi connectivity index (χ0v) is 34.3. The molecule has 2 heterocycles. The number of rotatable bonds is 6. The van der Waals surface area contributed by atoms with Gasteiger partial charge in [-0.3, -0.25) is 0 Å². The van der Waals surface area contributed by atoms with Crippen LogP contribution in [0.25, 0.3) is 43.9 Å². The molecule has 0 aliphatic heterocycles. The lowest BCUT2D eigenvalue weighted by molar-refractivity contribution is 0.0591. The molecule has 0 radical (unpaired) electrons. The van der Waals surface area contributed by atoms with Crippen LogP contribution in [0.15, 0.2) is 167 Å². The molecular formula is C48H37IN2O8. The summed E-state index contributed by atoms with van der Waals surface area (Å²) in [7, 11) is 4.06. The first-order valence-electron chi connectivity index (χ1n) is 18.3. The Morgan fingerprint density at radius 3 is 1.41 bits per heavy atom. The molecule has 11 heteroatoms. The highest BCUT2D eigenvalue weighted by molar-refractivity contribution is 14.1. The van der Waals surface area contributed by atoms with Crippen molar-refractivity contribution in [1.29, 1.82) is 0 Å². The Morgan fingerprint density at radius 1 is 0.475 bits per heavy atom. The van der Waals surface area contributed by atoms with Crippen LogP contribution in [0.4, 0.5) is 22.7 Å². The third-order valence-electron chi connectivity index (χ3n) is 9.40. The van der Waals surface area contributed by atoms with Gasteiger partial charge in [0.25, 0.3) is 0 Å². The van der Waals surface area contributed by atoms with Gasteiger partial charge in [-0.1, -0.05) is 72.8 Å². The zero-order valence-electron chi connectivity index (χ0n) is 32.2. The molecule has 59 heavy (non-hydrogen) atoms. The number of benzene rings is 7. The number of anilines is 4. The lowest BCUT2D eigenvalue weighted by Crippen LogP contribution is -2.18. The van der Waals surface area contributed by atoms with Gasteiger partial charge < -0.3 is 33.7 Å². The van der Waals surface area contributed by atoms with E-state index in [9.17, 15) is 14.4 Å². The highest BCUT2D eigenvalue weighted by Crippen LogP contribution is 2.41. The van der Waals surface area contributed by atoms with Crippen molar-refractivity contribution in [3.05, 3.63) is 178 Å². The Balaban J connectivity index is 0.000000171. The van der Waals surface area contributed by atoms with Crippen LogP contribution in [0.3, 0.4) is 0 Å². The molecule has 0 saturated heterocycles. The topological polar surface area (TPSA) is 134 Å². The number of halogens is 1. The molecular weight excluding hydrogens is 859 g/mol. The maximum atomic E-state index is 12.6. The SMILES string of the molecule is COC(=O)c1ccccc1I.COC(=O)c1ccccc1N(c1ccc2c(c1)oc1ccccc12)c1ccccc1C(=O)OC.Nc1ccc2c(c1)oc1ccccc12. The largest absolute Gasteiger partial charge is 0.465 e. The fraction of sp³-hybridized carbons (Fsp3) is 0.0625. The predicted molar refractivity (Wildman–Crippen MR) is 240 cm³/mol. The molecule has 0 bridgehead atoms. The minimum absolute atomic E-state index is 0.282. The van der Waals surface area contributed by atoms with Crippen LogP contribution in [-0.2, 0) is 14.2 Å². The number of nitrogens with zero attached hydrogens (tertiary/aromatic N) is 1. The van der Waals surface area contributed by atoms with E-state index in [2.05, 4.69) is 33.4 Å². The number of esters is 3. The quantitative estimate of drug-likeness (QED) is 0.0744. The number of para-hydroxylation sites is 4. The second-order valence-electron chi connectivity index (χ2n) is 13.0. The summed E-state index contributed by atoms with van der Waals surface area (Å²) >= 11 is 2.10. The van der Waals surface area contributed by atoms with Crippen LogP contribution >= 0.6 is 22.6 Å². The van der Waals surface area contributed by atoms with Gasteiger partial charge in [0.15, 0.2) is 0 Å². The van der Waals surface area contributed by atoms with Gasteiger partial charge in [-0.25, -0.2) is 14.4 Å². The average Bonchev–Trinajstić information content (AvgIpc) is 3.84. The summed E-state index contributed by atoms with van der Waals surface area (Å²) in [6, 6.07) is 48.9. The van der Waals surface area contributed by atoms with E-state index < -0.39 is 11.9 Å². The monoisotopic (exact) mass is 896 g/mol. The lowest BCUT2D eigenvalue weighted by atomic mass is 10.1. The summed E-state index contributed by atoms with van der Waals surface area (Å²) in [5.74, 6) is -1.25. The molecule has 10 nitrogen and oxygen atoms in total. The van der Waals surface area contributed by atoms with Crippen molar-refractivity contribution in [2.24, 2.45) is 0 Å². The molecule has 0 aliphatic carbocycles. The van der Waals surface area contributed by atoms with E-state index in [0.29, 0.717) is 39.3 Å². The minimum atomic E-state index is -0.485. The van der Waals surface area contributed by atoms with E-state index in [0.717, 1.165) is 47.6 Å². The third kappa shape index (κ3) is 8.46. The molecule has 0 atom stereocenters. The number of nitrogens with two attached hydrogens (primary N) is 1. The molecule has 9 aromatic rings. The van der Waals surface area contributed by atoms with Crippen LogP contribution in [0.1, 0.15) is 31.1 Å². The molecule has 0 unspecified atom stereocenters. The van der Waals surface area contributed by atoms with Crippen molar-refractivity contribution in [2.75, 3.05) is 32.0 Å². The summed E-state index contributed by atoms with van der Waals surface area (Å²) in [6.45, 7) is 0. The van der Waals surface area contributed by atoms with Gasteiger partial charge in [-0.15, -0.1) is 0 Å². The van der Waals surface area contributed by atoms with Gasteiger partial charge in [-0.2, -0.15) is 0 Å². The standard InChI is InChI=1S/C28H21NO5.C12H9NO.C8H7IO2/c1-32-27(30)21-10-3-6-12-23(21)29(24-13-7-4-11-22(24)28(31)33-2)18-15-16-20-19-9-5-8-14-25(19)34-26(20)17-18;13-8-5-6-10-9-3-1-2-4-11(9)14-12(10)7-8;1-11-8(10)6-4-2-3-5-7(6)9/h3-17H,1-2H3;1-7H,13H2;2-5H,1H3. The second kappa shape index (κ2) is 18.0. The molecule has 9 rings (SSSR count). The lowest BCUT2D eigenvalue weighted by Gasteiger charge is -2.28. The second-order valence-corrected chi connectivity index (χ2v) is 14.1. The van der Waals surface area contributed by atoms with Gasteiger partial charge in [0.2, 0.25) is 0 Å². The maximum Gasteiger partial charge on any atom is 0.339 e. The summed E-state index contributed by atoms with van der Waals surface area (Å²) in [5, 5.41) is 4.25. The average molecular weight is 897 g/mol. The van der Waals surface area contributed by atoms with Crippen LogP contribution in [0.5, 0.6) is 0 Å². The Morgan fingerprint density at radius 2 is 0.881 bits per heavy atom. The van der Waals surface area contributed by atoms with E-state index in [1.165, 1.54) is 21.3 Å². The van der Waals surface area contributed by atoms with Crippen LogP contribution in [-0.4, -0.2) is 39.2 Å². The summed E-state index contributed by atoms with van der Waals surface area (Å²) in [4.78, 5) is 38.1. The third-order valence-corrected chi connectivity index (χ3v) is 10.3. The molecule has 7 aromatic carbocycles. The smallest absolute Gasteiger partial charge is 0.339 e. The van der Waals surface area contributed by atoms with Gasteiger partial charge >= 0.3 is 17.9 Å². The van der Waals surface area contributed by atoms with E-state index in [1.807, 2.05) is 126 Å². The number of methoxy groups -OCH3 is 3. The minimum Gasteiger partial charge on any atom is -0.465 e. The molecule has 0 amide bonds. The molecule has 0 saturated carbocycles. The fourth-order valence-corrected chi connectivity index (χ4v) is 7.25. The molecule has 0 aliphatic rings. The van der Waals surface area contributed by atoms with E-state index in [4.69, 9.17) is 24.0 Å². The predicted octanol–water partition coefficient (Wildman–Crippen LogP) is 11.9. The number of nitrogen functional groups attached to an aromatic ring is 1. The number of hydrogen-bond donors (Lipinski definition) is 1. The van der Waals surface area contributed by atoms with Crippen molar-refractivity contribution in [3.63, 3.8) is 0 Å². The zero-order chi connectivity index (χ0) is 41.5.